The molecule has 13 nitrogen and oxygen atoms in total. The number of aliphatic carboxylic acids is 1. The van der Waals surface area contributed by atoms with Crippen molar-refractivity contribution in [2.24, 2.45) is 28.1 Å². The Morgan fingerprint density at radius 2 is 1.65 bits per heavy atom. The van der Waals surface area contributed by atoms with E-state index in [9.17, 15) is 24.3 Å². The molecule has 0 spiro atoms. The number of guanidine groups is 1. The summed E-state index contributed by atoms with van der Waals surface area (Å²) < 4.78 is 0. The fourth-order valence-corrected chi connectivity index (χ4v) is 2.49. The van der Waals surface area contributed by atoms with Gasteiger partial charge in [0.1, 0.15) is 24.7 Å². The number of nitrogens with one attached hydrogen (secondary N) is 3. The van der Waals surface area contributed by atoms with Crippen LogP contribution in [0, 0.1) is 5.92 Å². The molecule has 0 heterocycles. The molecule has 13 heteroatoms. The second-order valence-corrected chi connectivity index (χ2v) is 7.26. The SMILES string of the molecule is CCC(C)C(NC(=O)C(N)C(C)O)C(=O)NC(CCCN=C(N)N)C(=O)NCC(=O)O. The van der Waals surface area contributed by atoms with E-state index in [2.05, 4.69) is 20.9 Å². The van der Waals surface area contributed by atoms with Gasteiger partial charge in [0.05, 0.1) is 6.10 Å². The Morgan fingerprint density at radius 3 is 2.13 bits per heavy atom. The number of carboxylic acid groups (broad SMARTS) is 1. The van der Waals surface area contributed by atoms with Gasteiger partial charge in [0, 0.05) is 6.54 Å². The Morgan fingerprint density at radius 1 is 1.03 bits per heavy atom. The van der Waals surface area contributed by atoms with Gasteiger partial charge in [-0.3, -0.25) is 24.2 Å². The fourth-order valence-electron chi connectivity index (χ4n) is 2.49. The number of aliphatic hydroxyl groups excluding tert-OH is 1. The fraction of sp³-hybridized carbons (Fsp3) is 0.722. The van der Waals surface area contributed by atoms with Crippen molar-refractivity contribution in [2.45, 2.75) is 64.3 Å². The summed E-state index contributed by atoms with van der Waals surface area (Å²) in [5.74, 6) is -3.72. The van der Waals surface area contributed by atoms with Crippen molar-refractivity contribution in [3.05, 3.63) is 0 Å². The van der Waals surface area contributed by atoms with Gasteiger partial charge in [0.15, 0.2) is 5.96 Å². The highest BCUT2D eigenvalue weighted by Gasteiger charge is 2.31. The number of aliphatic imine (C=N–C) groups is 1. The number of hydrogen-bond donors (Lipinski definition) is 8. The van der Waals surface area contributed by atoms with E-state index in [4.69, 9.17) is 22.3 Å². The van der Waals surface area contributed by atoms with Crippen LogP contribution < -0.4 is 33.2 Å². The zero-order valence-corrected chi connectivity index (χ0v) is 18.1. The first-order valence-electron chi connectivity index (χ1n) is 9.99. The zero-order valence-electron chi connectivity index (χ0n) is 18.1. The van der Waals surface area contributed by atoms with Gasteiger partial charge < -0.3 is 43.4 Å². The lowest BCUT2D eigenvalue weighted by Crippen LogP contribution is -2.59. The van der Waals surface area contributed by atoms with E-state index in [0.717, 1.165) is 0 Å². The Labute approximate surface area is 181 Å². The molecule has 0 radical (unpaired) electrons. The van der Waals surface area contributed by atoms with Gasteiger partial charge in [-0.1, -0.05) is 20.3 Å². The van der Waals surface area contributed by atoms with Gasteiger partial charge in [0.2, 0.25) is 17.7 Å². The molecule has 0 saturated heterocycles. The van der Waals surface area contributed by atoms with Crippen LogP contribution in [-0.4, -0.2) is 77.2 Å². The molecule has 3 amide bonds. The van der Waals surface area contributed by atoms with Crippen LogP contribution in [0.2, 0.25) is 0 Å². The quantitative estimate of drug-likeness (QED) is 0.0769. The van der Waals surface area contributed by atoms with Crippen molar-refractivity contribution in [1.82, 2.24) is 16.0 Å². The number of aliphatic hydroxyl groups is 1. The molecule has 5 atom stereocenters. The summed E-state index contributed by atoms with van der Waals surface area (Å²) in [5.41, 5.74) is 16.1. The van der Waals surface area contributed by atoms with Gasteiger partial charge in [-0.15, -0.1) is 0 Å². The molecule has 0 fully saturated rings. The highest BCUT2D eigenvalue weighted by molar-refractivity contribution is 5.93. The summed E-state index contributed by atoms with van der Waals surface area (Å²) in [7, 11) is 0. The topological polar surface area (TPSA) is 235 Å². The minimum atomic E-state index is -1.24. The standard InChI is InChI=1S/C18H35N7O6/c1-4-9(2)14(25-16(30)13(19)10(3)26)17(31)24-11(6-5-7-22-18(20)21)15(29)23-8-12(27)28/h9-11,13-14,26H,4-8,19H2,1-3H3,(H,23,29)(H,24,31)(H,25,30)(H,27,28)(H4,20,21,22). The maximum Gasteiger partial charge on any atom is 0.322 e. The van der Waals surface area contributed by atoms with Gasteiger partial charge in [-0.05, 0) is 25.7 Å². The lowest BCUT2D eigenvalue weighted by molar-refractivity contribution is -0.138. The van der Waals surface area contributed by atoms with Crippen molar-refractivity contribution < 1.29 is 29.4 Å². The second kappa shape index (κ2) is 14.1. The third-order valence-corrected chi connectivity index (χ3v) is 4.61. The van der Waals surface area contributed by atoms with E-state index in [1.807, 2.05) is 6.92 Å². The number of carbonyl (C=O) groups is 4. The van der Waals surface area contributed by atoms with Gasteiger partial charge >= 0.3 is 5.97 Å². The first-order valence-corrected chi connectivity index (χ1v) is 9.99. The molecule has 0 rings (SSSR count). The highest BCUT2D eigenvalue weighted by atomic mass is 16.4. The Kier molecular flexibility index (Phi) is 12.8. The summed E-state index contributed by atoms with van der Waals surface area (Å²) in [6, 6.07) is -3.32. The monoisotopic (exact) mass is 445 g/mol. The molecular formula is C18H35N7O6. The molecule has 5 unspecified atom stereocenters. The van der Waals surface area contributed by atoms with Crippen LogP contribution in [-0.2, 0) is 19.2 Å². The van der Waals surface area contributed by atoms with Gasteiger partial charge in [-0.2, -0.15) is 0 Å². The maximum atomic E-state index is 12.9. The molecule has 0 aliphatic carbocycles. The molecule has 0 aromatic heterocycles. The minimum Gasteiger partial charge on any atom is -0.480 e. The molecule has 0 aliphatic rings. The van der Waals surface area contributed by atoms with E-state index >= 15 is 0 Å². The minimum absolute atomic E-state index is 0.120. The number of nitrogens with zero attached hydrogens (tertiary/aromatic N) is 1. The largest absolute Gasteiger partial charge is 0.480 e. The molecule has 0 bridgehead atoms. The van der Waals surface area contributed by atoms with E-state index in [0.29, 0.717) is 12.8 Å². The van der Waals surface area contributed by atoms with E-state index in [1.165, 1.54) is 6.92 Å². The van der Waals surface area contributed by atoms with Gasteiger partial charge in [0.25, 0.3) is 0 Å². The summed E-state index contributed by atoms with van der Waals surface area (Å²) in [6.07, 6.45) is -0.132. The van der Waals surface area contributed by atoms with Crippen LogP contribution in [0.15, 0.2) is 4.99 Å². The number of nitrogens with two attached hydrogens (primary N) is 3. The summed E-state index contributed by atoms with van der Waals surface area (Å²) >= 11 is 0. The molecular weight excluding hydrogens is 410 g/mol. The van der Waals surface area contributed by atoms with Crippen LogP contribution >= 0.6 is 0 Å². The average molecular weight is 446 g/mol. The third kappa shape index (κ3) is 11.1. The van der Waals surface area contributed by atoms with Crippen LogP contribution in [0.4, 0.5) is 0 Å². The third-order valence-electron chi connectivity index (χ3n) is 4.61. The first kappa shape index (κ1) is 28.1. The number of amides is 3. The number of carbonyl (C=O) groups excluding carboxylic acids is 3. The van der Waals surface area contributed by atoms with Crippen molar-refractivity contribution >= 4 is 29.7 Å². The molecule has 11 N–H and O–H groups in total. The summed E-state index contributed by atoms with van der Waals surface area (Å²) in [5, 5.41) is 25.5. The normalized spacial score (nSPS) is 15.5. The lowest BCUT2D eigenvalue weighted by atomic mass is 9.97. The van der Waals surface area contributed by atoms with Crippen molar-refractivity contribution in [1.29, 1.82) is 0 Å². The van der Waals surface area contributed by atoms with Crippen molar-refractivity contribution in [3.63, 3.8) is 0 Å². The van der Waals surface area contributed by atoms with Crippen LogP contribution in [0.1, 0.15) is 40.0 Å². The van der Waals surface area contributed by atoms with Crippen molar-refractivity contribution in [2.75, 3.05) is 13.1 Å². The summed E-state index contributed by atoms with van der Waals surface area (Å²) in [6.45, 7) is 4.49. The van der Waals surface area contributed by atoms with E-state index in [1.54, 1.807) is 6.92 Å². The van der Waals surface area contributed by atoms with E-state index < -0.39 is 54.5 Å². The lowest BCUT2D eigenvalue weighted by Gasteiger charge is -2.27. The average Bonchev–Trinajstić information content (AvgIpc) is 2.70. The molecule has 0 aliphatic heterocycles. The Hall–Kier alpha value is -2.93. The zero-order chi connectivity index (χ0) is 24.1. The van der Waals surface area contributed by atoms with Crippen LogP contribution in [0.5, 0.6) is 0 Å². The van der Waals surface area contributed by atoms with Crippen molar-refractivity contribution in [3.8, 4) is 0 Å². The Balaban J connectivity index is 5.37. The molecule has 0 aromatic carbocycles. The summed E-state index contributed by atoms with van der Waals surface area (Å²) in [4.78, 5) is 52.0. The van der Waals surface area contributed by atoms with Gasteiger partial charge in [-0.25, -0.2) is 0 Å². The smallest absolute Gasteiger partial charge is 0.322 e. The number of carboxylic acids is 1. The molecule has 0 saturated carbocycles. The van der Waals surface area contributed by atoms with Crippen LogP contribution in [0.3, 0.4) is 0 Å². The number of rotatable bonds is 14. The molecule has 0 aromatic rings. The molecule has 31 heavy (non-hydrogen) atoms. The molecule has 178 valence electrons. The first-order chi connectivity index (χ1) is 14.4. The predicted octanol–water partition coefficient (Wildman–Crippen LogP) is -3.04. The second-order valence-electron chi connectivity index (χ2n) is 7.26. The predicted molar refractivity (Wildman–Crippen MR) is 114 cm³/mol. The van der Waals surface area contributed by atoms with Crippen LogP contribution in [0.25, 0.3) is 0 Å². The highest BCUT2D eigenvalue weighted by Crippen LogP contribution is 2.10. The Bertz CT molecular complexity index is 651. The number of hydrogen-bond acceptors (Lipinski definition) is 7. The van der Waals surface area contributed by atoms with E-state index in [-0.39, 0.29) is 24.8 Å². The maximum absolute atomic E-state index is 12.9.